The maximum atomic E-state index is 11.3. The number of amides is 2. The van der Waals surface area contributed by atoms with E-state index in [-0.39, 0.29) is 26.9 Å². The zero-order valence-electron chi connectivity index (χ0n) is 8.64. The fourth-order valence-corrected chi connectivity index (χ4v) is 1.48. The SMILES string of the molecule is [CH3][Al][NH]C(=O)N(C)CC(C)(C)C. The van der Waals surface area contributed by atoms with Crippen molar-refractivity contribution in [3.8, 4) is 0 Å². The summed E-state index contributed by atoms with van der Waals surface area (Å²) in [5.41, 5.74) is 0.176. The Balaban J connectivity index is 3.87. The number of nitrogens with zero attached hydrogens (tertiary/aromatic N) is 1. The van der Waals surface area contributed by atoms with E-state index in [0.29, 0.717) is 0 Å². The zero-order valence-corrected chi connectivity index (χ0v) is 9.79. The minimum Gasteiger partial charge on any atom is -0.436 e. The van der Waals surface area contributed by atoms with Gasteiger partial charge in [-0.3, -0.25) is 4.79 Å². The molecule has 3 nitrogen and oxygen atoms in total. The van der Waals surface area contributed by atoms with E-state index in [0.717, 1.165) is 6.54 Å². The monoisotopic (exact) mass is 185 g/mol. The van der Waals surface area contributed by atoms with Crippen molar-refractivity contribution in [1.82, 2.24) is 9.20 Å². The van der Waals surface area contributed by atoms with E-state index in [1.807, 2.05) is 12.8 Å². The average Bonchev–Trinajstić information content (AvgIpc) is 1.84. The van der Waals surface area contributed by atoms with Crippen LogP contribution in [0, 0.1) is 5.41 Å². The van der Waals surface area contributed by atoms with Crippen LogP contribution in [0.1, 0.15) is 20.8 Å². The van der Waals surface area contributed by atoms with Gasteiger partial charge in [0, 0.05) is 13.6 Å². The molecule has 0 aliphatic rings. The highest BCUT2D eigenvalue weighted by Gasteiger charge is 2.16. The molecule has 0 saturated heterocycles. The highest BCUT2D eigenvalue weighted by Crippen LogP contribution is 2.13. The average molecular weight is 185 g/mol. The lowest BCUT2D eigenvalue weighted by Crippen LogP contribution is -2.42. The molecule has 69 valence electrons. The first-order valence-electron chi connectivity index (χ1n) is 4.16. The van der Waals surface area contributed by atoms with E-state index < -0.39 is 0 Å². The molecular weight excluding hydrogens is 167 g/mol. The Bertz CT molecular complexity index is 154. The lowest BCUT2D eigenvalue weighted by Gasteiger charge is -2.26. The number of hydrogen-bond acceptors (Lipinski definition) is 1. The summed E-state index contributed by atoms with van der Waals surface area (Å²) >= 11 is 0.0528. The van der Waals surface area contributed by atoms with Gasteiger partial charge in [0.25, 0.3) is 6.03 Å². The second kappa shape index (κ2) is 4.74. The molecular formula is C8H18AlN2O. The van der Waals surface area contributed by atoms with Crippen molar-refractivity contribution in [3.63, 3.8) is 0 Å². The summed E-state index contributed by atoms with van der Waals surface area (Å²) in [4.78, 5) is 13.0. The highest BCUT2D eigenvalue weighted by atomic mass is 27.1. The Morgan fingerprint density at radius 3 is 2.33 bits per heavy atom. The van der Waals surface area contributed by atoms with Crippen LogP contribution in [0.5, 0.6) is 0 Å². The molecule has 0 atom stereocenters. The van der Waals surface area contributed by atoms with Crippen LogP contribution in [0.15, 0.2) is 0 Å². The number of carbonyl (C=O) groups is 1. The van der Waals surface area contributed by atoms with Gasteiger partial charge in [0.1, 0.15) is 0 Å². The van der Waals surface area contributed by atoms with E-state index in [4.69, 9.17) is 0 Å². The van der Waals surface area contributed by atoms with Crippen LogP contribution in [0.25, 0.3) is 0 Å². The zero-order chi connectivity index (χ0) is 9.78. The Labute approximate surface area is 81.4 Å². The molecule has 0 bridgehead atoms. The minimum atomic E-state index is 0.0439. The normalized spacial score (nSPS) is 10.8. The van der Waals surface area contributed by atoms with E-state index in [1.54, 1.807) is 4.90 Å². The fourth-order valence-electron chi connectivity index (χ4n) is 1.02. The van der Waals surface area contributed by atoms with Crippen molar-refractivity contribution < 1.29 is 4.79 Å². The van der Waals surface area contributed by atoms with Crippen molar-refractivity contribution >= 4 is 21.5 Å². The van der Waals surface area contributed by atoms with Crippen LogP contribution in [0.3, 0.4) is 0 Å². The molecule has 0 aromatic heterocycles. The van der Waals surface area contributed by atoms with Crippen molar-refractivity contribution in [1.29, 1.82) is 0 Å². The standard InChI is InChI=1S/C7H16N2O.CH3.Al/c1-7(2,3)5-9(4)6(8)10;;/h5H2,1-4H3,(H2,8,10);1H3;/q;;+1/p-1. The summed E-state index contributed by atoms with van der Waals surface area (Å²) in [6.07, 6.45) is 0. The first-order chi connectivity index (χ1) is 5.37. The highest BCUT2D eigenvalue weighted by molar-refractivity contribution is 6.34. The van der Waals surface area contributed by atoms with E-state index in [1.165, 1.54) is 0 Å². The van der Waals surface area contributed by atoms with Crippen LogP contribution in [-0.4, -0.2) is 40.0 Å². The van der Waals surface area contributed by atoms with Crippen LogP contribution in [0.4, 0.5) is 4.79 Å². The fraction of sp³-hybridized carbons (Fsp3) is 0.875. The molecule has 0 unspecified atom stereocenters. The van der Waals surface area contributed by atoms with Gasteiger partial charge in [0.05, 0.1) is 0 Å². The van der Waals surface area contributed by atoms with Gasteiger partial charge in [-0.05, 0) is 5.41 Å². The summed E-state index contributed by atoms with van der Waals surface area (Å²) in [5, 5.41) is 0. The van der Waals surface area contributed by atoms with Crippen LogP contribution >= 0.6 is 0 Å². The van der Waals surface area contributed by atoms with Gasteiger partial charge in [0.15, 0.2) is 0 Å². The largest absolute Gasteiger partial charge is 0.436 e. The molecule has 1 radical (unpaired) electrons. The van der Waals surface area contributed by atoms with Crippen molar-refractivity contribution in [2.75, 3.05) is 13.6 Å². The van der Waals surface area contributed by atoms with E-state index >= 15 is 0 Å². The molecule has 0 saturated carbocycles. The predicted octanol–water partition coefficient (Wildman–Crippen LogP) is 1.34. The first kappa shape index (κ1) is 11.8. The third-order valence-corrected chi connectivity index (χ3v) is 1.86. The summed E-state index contributed by atoms with van der Waals surface area (Å²) in [6.45, 7) is 7.15. The molecule has 0 aliphatic heterocycles. The van der Waals surface area contributed by atoms with Crippen LogP contribution in [-0.2, 0) is 0 Å². The maximum absolute atomic E-state index is 11.3. The van der Waals surface area contributed by atoms with Crippen molar-refractivity contribution in [3.05, 3.63) is 0 Å². The molecule has 0 fully saturated rings. The number of hydrogen-bond donors (Lipinski definition) is 1. The topological polar surface area (TPSA) is 32.3 Å². The molecule has 1 N–H and O–H groups in total. The van der Waals surface area contributed by atoms with Gasteiger partial charge in [0.2, 0.25) is 0 Å². The quantitative estimate of drug-likeness (QED) is 0.647. The number of carbonyl (C=O) groups excluding carboxylic acids is 1. The van der Waals surface area contributed by atoms with Gasteiger partial charge in [-0.1, -0.05) is 26.6 Å². The van der Waals surface area contributed by atoms with Gasteiger partial charge in [-0.25, -0.2) is 0 Å². The Morgan fingerprint density at radius 1 is 1.50 bits per heavy atom. The van der Waals surface area contributed by atoms with Crippen molar-refractivity contribution in [2.24, 2.45) is 5.41 Å². The summed E-state index contributed by atoms with van der Waals surface area (Å²) < 4.78 is 2.84. The Kier molecular flexibility index (Phi) is 4.66. The van der Waals surface area contributed by atoms with Gasteiger partial charge >= 0.3 is 15.4 Å². The molecule has 2 amide bonds. The number of rotatable bonds is 2. The number of nitrogens with one attached hydrogen (secondary N) is 1. The van der Waals surface area contributed by atoms with E-state index in [9.17, 15) is 4.79 Å². The van der Waals surface area contributed by atoms with Gasteiger partial charge in [-0.15, -0.1) is 0 Å². The second-order valence-electron chi connectivity index (χ2n) is 4.15. The second-order valence-corrected chi connectivity index (χ2v) is 5.02. The molecule has 0 rings (SSSR count). The molecule has 0 heterocycles. The first-order valence-corrected chi connectivity index (χ1v) is 5.89. The van der Waals surface area contributed by atoms with Crippen LogP contribution in [0.2, 0.25) is 5.79 Å². The number of urea groups is 1. The summed E-state index contributed by atoms with van der Waals surface area (Å²) in [5.74, 6) is 2.00. The third-order valence-electron chi connectivity index (χ3n) is 1.33. The molecule has 4 heteroatoms. The van der Waals surface area contributed by atoms with E-state index in [2.05, 4.69) is 25.1 Å². The molecule has 0 aliphatic carbocycles. The Hall–Kier alpha value is -0.198. The molecule has 0 aromatic carbocycles. The summed E-state index contributed by atoms with van der Waals surface area (Å²) in [7, 11) is 1.83. The smallest absolute Gasteiger partial charge is 0.369 e. The molecule has 12 heavy (non-hydrogen) atoms. The summed E-state index contributed by atoms with van der Waals surface area (Å²) in [6, 6.07) is 0.0439. The van der Waals surface area contributed by atoms with Crippen LogP contribution < -0.4 is 4.30 Å². The molecule has 0 spiro atoms. The maximum Gasteiger partial charge on any atom is 0.369 e. The van der Waals surface area contributed by atoms with Gasteiger partial charge < -0.3 is 9.20 Å². The van der Waals surface area contributed by atoms with Crippen molar-refractivity contribution in [2.45, 2.75) is 26.6 Å². The lowest BCUT2D eigenvalue weighted by atomic mass is 9.96. The lowest BCUT2D eigenvalue weighted by molar-refractivity contribution is 0.194. The predicted molar refractivity (Wildman–Crippen MR) is 52.2 cm³/mol. The third kappa shape index (κ3) is 5.45. The van der Waals surface area contributed by atoms with Gasteiger partial charge in [-0.2, -0.15) is 0 Å². The minimum absolute atomic E-state index is 0.0439. The molecule has 0 aromatic rings. The Morgan fingerprint density at radius 2 is 2.00 bits per heavy atom.